The van der Waals surface area contributed by atoms with Crippen LogP contribution in [0.2, 0.25) is 0 Å². The number of rotatable bonds is 9. The average molecular weight is 251 g/mol. The number of carbonyl (C=O) groups excluding carboxylic acids is 1. The maximum absolute atomic E-state index is 10.3. The zero-order chi connectivity index (χ0) is 13.1. The van der Waals surface area contributed by atoms with Crippen LogP contribution in [0.25, 0.3) is 0 Å². The molecule has 0 saturated carbocycles. The summed E-state index contributed by atoms with van der Waals surface area (Å²) in [5, 5.41) is 0. The topological polar surface area (TPSA) is 20.3 Å². The molecule has 1 saturated heterocycles. The van der Waals surface area contributed by atoms with Crippen molar-refractivity contribution in [2.75, 3.05) is 13.1 Å². The lowest BCUT2D eigenvalue weighted by atomic mass is 9.99. The van der Waals surface area contributed by atoms with E-state index < -0.39 is 0 Å². The first-order valence-corrected chi connectivity index (χ1v) is 7.82. The summed E-state index contributed by atoms with van der Waals surface area (Å²) < 4.78 is 0. The van der Waals surface area contributed by atoms with Gasteiger partial charge in [0.25, 0.3) is 0 Å². The first kappa shape index (κ1) is 15.5. The number of piperidine rings is 1. The van der Waals surface area contributed by atoms with Crippen molar-refractivity contribution in [2.45, 2.75) is 77.2 Å². The van der Waals surface area contributed by atoms with Gasteiger partial charge in [0.15, 0.2) is 0 Å². The second kappa shape index (κ2) is 10.3. The van der Waals surface area contributed by atoms with Gasteiger partial charge in [-0.2, -0.15) is 0 Å². The molecule has 1 rings (SSSR count). The van der Waals surface area contributed by atoms with Gasteiger partial charge in [0, 0.05) is 6.04 Å². The molecular weight excluding hydrogens is 222 g/mol. The highest BCUT2D eigenvalue weighted by molar-refractivity contribution is 5.44. The van der Waals surface area contributed by atoms with Gasteiger partial charge in [0.05, 0.1) is 0 Å². The molecule has 0 aromatic carbocycles. The second-order valence-electron chi connectivity index (χ2n) is 5.50. The molecule has 0 amide bonds. The Kier molecular flexibility index (Phi) is 8.89. The van der Waals surface area contributed by atoms with Crippen molar-refractivity contribution in [3.63, 3.8) is 0 Å². The van der Waals surface area contributed by atoms with E-state index in [0.717, 1.165) is 12.8 Å². The summed E-state index contributed by atoms with van der Waals surface area (Å²) in [6.07, 6.45) is 14.5. The molecule has 2 heteroatoms. The molecule has 18 heavy (non-hydrogen) atoms. The van der Waals surface area contributed by atoms with Crippen LogP contribution in [0.3, 0.4) is 0 Å². The number of unbranched alkanes of at least 4 members (excludes halogenated alkanes) is 3. The second-order valence-corrected chi connectivity index (χ2v) is 5.50. The fourth-order valence-corrected chi connectivity index (χ4v) is 2.93. The molecule has 0 radical (unpaired) electrons. The first-order chi connectivity index (χ1) is 8.88. The Hall–Kier alpha value is -0.590. The van der Waals surface area contributed by atoms with E-state index in [1.165, 1.54) is 64.5 Å². The van der Waals surface area contributed by atoms with Crippen LogP contribution in [0.15, 0.2) is 6.08 Å². The molecule has 0 aromatic rings. The number of likely N-dealkylation sites (tertiary alicyclic amines) is 1. The summed E-state index contributed by atoms with van der Waals surface area (Å²) in [4.78, 5) is 12.9. The van der Waals surface area contributed by atoms with Gasteiger partial charge in [-0.15, -0.1) is 0 Å². The monoisotopic (exact) mass is 251 g/mol. The highest BCUT2D eigenvalue weighted by Crippen LogP contribution is 2.20. The van der Waals surface area contributed by atoms with Crippen LogP contribution in [-0.4, -0.2) is 30.0 Å². The van der Waals surface area contributed by atoms with E-state index in [-0.39, 0.29) is 0 Å². The lowest BCUT2D eigenvalue weighted by Gasteiger charge is -2.34. The lowest BCUT2D eigenvalue weighted by molar-refractivity contribution is 0.145. The molecule has 2 nitrogen and oxygen atoms in total. The summed E-state index contributed by atoms with van der Waals surface area (Å²) in [5.41, 5.74) is 0. The standard InChI is InChI=1S/C16H29NO/c1-2-3-4-6-11-16(12-7-10-15-18)17-13-8-5-9-14-17/h10,16H,2-9,11-14H2,1H3. The quantitative estimate of drug-likeness (QED) is 0.456. The zero-order valence-corrected chi connectivity index (χ0v) is 12.0. The van der Waals surface area contributed by atoms with Crippen LogP contribution in [0.4, 0.5) is 0 Å². The van der Waals surface area contributed by atoms with Crippen molar-refractivity contribution in [3.05, 3.63) is 6.08 Å². The van der Waals surface area contributed by atoms with Gasteiger partial charge in [0.2, 0.25) is 0 Å². The van der Waals surface area contributed by atoms with Gasteiger partial charge in [-0.1, -0.05) is 39.0 Å². The molecular formula is C16H29NO. The third-order valence-electron chi connectivity index (χ3n) is 4.03. The van der Waals surface area contributed by atoms with Crippen LogP contribution in [-0.2, 0) is 4.79 Å². The molecule has 0 N–H and O–H groups in total. The summed E-state index contributed by atoms with van der Waals surface area (Å²) in [5.74, 6) is 1.91. The summed E-state index contributed by atoms with van der Waals surface area (Å²) >= 11 is 0. The van der Waals surface area contributed by atoms with E-state index in [2.05, 4.69) is 11.8 Å². The van der Waals surface area contributed by atoms with Crippen molar-refractivity contribution in [3.8, 4) is 0 Å². The van der Waals surface area contributed by atoms with E-state index in [0.29, 0.717) is 6.04 Å². The molecule has 0 bridgehead atoms. The highest BCUT2D eigenvalue weighted by Gasteiger charge is 2.19. The average Bonchev–Trinajstić information content (AvgIpc) is 2.42. The van der Waals surface area contributed by atoms with Crippen LogP contribution in [0.1, 0.15) is 71.1 Å². The maximum atomic E-state index is 10.3. The van der Waals surface area contributed by atoms with Crippen molar-refractivity contribution in [1.29, 1.82) is 0 Å². The number of allylic oxidation sites excluding steroid dienone is 1. The van der Waals surface area contributed by atoms with Crippen LogP contribution in [0, 0.1) is 0 Å². The predicted octanol–water partition coefficient (Wildman–Crippen LogP) is 3.98. The Morgan fingerprint density at radius 2 is 1.89 bits per heavy atom. The molecule has 1 atom stereocenters. The van der Waals surface area contributed by atoms with Gasteiger partial charge in [-0.05, 0) is 51.3 Å². The number of hydrogen-bond acceptors (Lipinski definition) is 2. The van der Waals surface area contributed by atoms with E-state index in [1.54, 1.807) is 6.08 Å². The smallest absolute Gasteiger partial charge is 0.120 e. The minimum atomic E-state index is 0.701. The largest absolute Gasteiger partial charge is 0.300 e. The first-order valence-electron chi connectivity index (χ1n) is 7.82. The minimum absolute atomic E-state index is 0.701. The Morgan fingerprint density at radius 3 is 2.56 bits per heavy atom. The van der Waals surface area contributed by atoms with Crippen molar-refractivity contribution in [2.24, 2.45) is 0 Å². The number of nitrogens with zero attached hydrogens (tertiary/aromatic N) is 1. The van der Waals surface area contributed by atoms with Gasteiger partial charge >= 0.3 is 0 Å². The fourth-order valence-electron chi connectivity index (χ4n) is 2.93. The van der Waals surface area contributed by atoms with Crippen LogP contribution < -0.4 is 0 Å². The molecule has 1 unspecified atom stereocenters. The van der Waals surface area contributed by atoms with E-state index in [1.807, 2.05) is 5.94 Å². The molecule has 0 aliphatic carbocycles. The summed E-state index contributed by atoms with van der Waals surface area (Å²) in [6, 6.07) is 0.701. The molecule has 1 aliphatic heterocycles. The lowest BCUT2D eigenvalue weighted by Crippen LogP contribution is -2.39. The minimum Gasteiger partial charge on any atom is -0.300 e. The number of hydrogen-bond donors (Lipinski definition) is 0. The summed E-state index contributed by atoms with van der Waals surface area (Å²) in [7, 11) is 0. The van der Waals surface area contributed by atoms with E-state index in [4.69, 9.17) is 0 Å². The van der Waals surface area contributed by atoms with Crippen LogP contribution >= 0.6 is 0 Å². The van der Waals surface area contributed by atoms with Gasteiger partial charge in [-0.25, -0.2) is 4.79 Å². The van der Waals surface area contributed by atoms with Crippen LogP contribution in [0.5, 0.6) is 0 Å². The fraction of sp³-hybridized carbons (Fsp3) is 0.875. The van der Waals surface area contributed by atoms with Crippen molar-refractivity contribution >= 4 is 5.94 Å². The Labute approximate surface area is 112 Å². The molecule has 0 spiro atoms. The van der Waals surface area contributed by atoms with Gasteiger partial charge < -0.3 is 4.90 Å². The summed E-state index contributed by atoms with van der Waals surface area (Å²) in [6.45, 7) is 4.80. The Balaban J connectivity index is 2.32. The van der Waals surface area contributed by atoms with Gasteiger partial charge in [0.1, 0.15) is 5.94 Å². The van der Waals surface area contributed by atoms with Crippen molar-refractivity contribution < 1.29 is 4.79 Å². The molecule has 1 fully saturated rings. The Bertz CT molecular complexity index is 239. The normalized spacial score (nSPS) is 18.3. The van der Waals surface area contributed by atoms with Gasteiger partial charge in [-0.3, -0.25) is 0 Å². The molecule has 104 valence electrons. The Morgan fingerprint density at radius 1 is 1.11 bits per heavy atom. The molecule has 1 aliphatic rings. The third kappa shape index (κ3) is 6.37. The SMILES string of the molecule is CCCCCCC(CCC=C=O)N1CCCCC1. The van der Waals surface area contributed by atoms with E-state index >= 15 is 0 Å². The predicted molar refractivity (Wildman–Crippen MR) is 77.5 cm³/mol. The maximum Gasteiger partial charge on any atom is 0.120 e. The highest BCUT2D eigenvalue weighted by atomic mass is 16.1. The van der Waals surface area contributed by atoms with E-state index in [9.17, 15) is 4.79 Å². The zero-order valence-electron chi connectivity index (χ0n) is 12.0. The van der Waals surface area contributed by atoms with Crippen molar-refractivity contribution in [1.82, 2.24) is 4.90 Å². The third-order valence-corrected chi connectivity index (χ3v) is 4.03. The molecule has 1 heterocycles. The molecule has 0 aromatic heterocycles.